The number of anilines is 6. The summed E-state index contributed by atoms with van der Waals surface area (Å²) in [5.41, 5.74) is 20.3. The first-order valence-corrected chi connectivity index (χ1v) is 22.0. The molecular weight excluding hydrogens is 777 g/mol. The number of ether oxygens (including phenoxy) is 1. The third-order valence-electron chi connectivity index (χ3n) is 13.4. The van der Waals surface area contributed by atoms with Crippen molar-refractivity contribution in [2.45, 2.75) is 5.41 Å². The Bertz CT molecular complexity index is 3360. The van der Waals surface area contributed by atoms with E-state index in [0.717, 1.165) is 56.8 Å². The average Bonchev–Trinajstić information content (AvgIpc) is 3.67. The van der Waals surface area contributed by atoms with E-state index in [1.165, 1.54) is 55.6 Å². The van der Waals surface area contributed by atoms with Crippen LogP contribution in [0.4, 0.5) is 34.1 Å². The van der Waals surface area contributed by atoms with E-state index in [0.29, 0.717) is 0 Å². The molecule has 2 aliphatic heterocycles. The molecule has 64 heavy (non-hydrogen) atoms. The predicted octanol–water partition coefficient (Wildman–Crippen LogP) is 16.4. The lowest BCUT2D eigenvalue weighted by Gasteiger charge is -2.47. The molecule has 3 nitrogen and oxygen atoms in total. The van der Waals surface area contributed by atoms with E-state index in [4.69, 9.17) is 4.74 Å². The van der Waals surface area contributed by atoms with Gasteiger partial charge in [0.2, 0.25) is 0 Å². The topological polar surface area (TPSA) is 15.7 Å². The van der Waals surface area contributed by atoms with Crippen LogP contribution < -0.4 is 14.5 Å². The zero-order valence-electron chi connectivity index (χ0n) is 34.9. The van der Waals surface area contributed by atoms with E-state index in [9.17, 15) is 0 Å². The third-order valence-corrected chi connectivity index (χ3v) is 13.4. The van der Waals surface area contributed by atoms with Gasteiger partial charge in [-0.2, -0.15) is 0 Å². The van der Waals surface area contributed by atoms with Crippen LogP contribution in [0.15, 0.2) is 243 Å². The van der Waals surface area contributed by atoms with Crippen LogP contribution >= 0.6 is 0 Å². The van der Waals surface area contributed by atoms with Crippen LogP contribution in [0.5, 0.6) is 11.5 Å². The summed E-state index contributed by atoms with van der Waals surface area (Å²) in [6.45, 7) is 0. The van der Waals surface area contributed by atoms with Gasteiger partial charge in [-0.3, -0.25) is 0 Å². The largest absolute Gasteiger partial charge is 0.453 e. The van der Waals surface area contributed by atoms with Crippen molar-refractivity contribution in [2.24, 2.45) is 0 Å². The first kappa shape index (κ1) is 36.3. The molecule has 10 aromatic rings. The van der Waals surface area contributed by atoms with Gasteiger partial charge in [0.15, 0.2) is 11.5 Å². The van der Waals surface area contributed by atoms with Gasteiger partial charge in [0.25, 0.3) is 0 Å². The van der Waals surface area contributed by atoms with Gasteiger partial charge in [-0.15, -0.1) is 0 Å². The summed E-state index contributed by atoms with van der Waals surface area (Å²) < 4.78 is 6.78. The van der Waals surface area contributed by atoms with Crippen molar-refractivity contribution in [3.05, 3.63) is 265 Å². The average molecular weight is 817 g/mol. The Morgan fingerprint density at radius 1 is 0.344 bits per heavy atom. The number of benzene rings is 10. The van der Waals surface area contributed by atoms with Gasteiger partial charge in [0.05, 0.1) is 28.2 Å². The minimum Gasteiger partial charge on any atom is -0.453 e. The van der Waals surface area contributed by atoms with E-state index in [-0.39, 0.29) is 0 Å². The van der Waals surface area contributed by atoms with E-state index in [1.807, 2.05) is 0 Å². The highest BCUT2D eigenvalue weighted by Crippen LogP contribution is 2.68. The van der Waals surface area contributed by atoms with Crippen molar-refractivity contribution in [3.63, 3.8) is 0 Å². The standard InChI is InChI=1S/C61H40N2O/c1-4-18-41(19-5-1)44-34-36-47(37-35-44)62(48-39-45(42-20-6-2-7-21-42)38-46(40-48)43-22-8-3-9-23-43)56-31-16-27-52-59(56)49-24-10-11-25-50(49)61(52)51-26-12-13-29-54(51)63-55-30-14-15-32-57(55)64-58-33-17-28-53(61)60(58)63/h1-40H. The summed E-state index contributed by atoms with van der Waals surface area (Å²) in [7, 11) is 0. The summed E-state index contributed by atoms with van der Waals surface area (Å²) in [5, 5.41) is 0. The molecule has 3 heteroatoms. The highest BCUT2D eigenvalue weighted by Gasteiger charge is 2.54. The van der Waals surface area contributed by atoms with Crippen LogP contribution in [0.2, 0.25) is 0 Å². The van der Waals surface area contributed by atoms with E-state index >= 15 is 0 Å². The summed E-state index contributed by atoms with van der Waals surface area (Å²) >= 11 is 0. The summed E-state index contributed by atoms with van der Waals surface area (Å²) in [6, 6.07) is 88.3. The van der Waals surface area contributed by atoms with Gasteiger partial charge in [-0.25, -0.2) is 0 Å². The molecule has 0 fully saturated rings. The molecule has 1 aliphatic carbocycles. The van der Waals surface area contributed by atoms with Crippen molar-refractivity contribution in [2.75, 3.05) is 9.80 Å². The Morgan fingerprint density at radius 3 is 1.56 bits per heavy atom. The number of nitrogens with zero attached hydrogens (tertiary/aromatic N) is 2. The molecule has 300 valence electrons. The van der Waals surface area contributed by atoms with Crippen molar-refractivity contribution in [1.29, 1.82) is 0 Å². The highest BCUT2D eigenvalue weighted by molar-refractivity contribution is 6.03. The van der Waals surface area contributed by atoms with Gasteiger partial charge >= 0.3 is 0 Å². The second kappa shape index (κ2) is 14.3. The van der Waals surface area contributed by atoms with Crippen LogP contribution in [0, 0.1) is 0 Å². The maximum absolute atomic E-state index is 6.78. The maximum atomic E-state index is 6.78. The molecule has 2 heterocycles. The molecule has 0 saturated heterocycles. The molecule has 10 aromatic carbocycles. The summed E-state index contributed by atoms with van der Waals surface area (Å²) in [4.78, 5) is 4.92. The van der Waals surface area contributed by atoms with Crippen LogP contribution in [0.3, 0.4) is 0 Å². The molecule has 0 N–H and O–H groups in total. The second-order valence-corrected chi connectivity index (χ2v) is 16.8. The summed E-state index contributed by atoms with van der Waals surface area (Å²) in [6.07, 6.45) is 0. The molecule has 0 amide bonds. The van der Waals surface area contributed by atoms with Crippen LogP contribution in [0.25, 0.3) is 44.5 Å². The Morgan fingerprint density at radius 2 is 0.859 bits per heavy atom. The normalized spacial score (nSPS) is 14.7. The molecule has 0 radical (unpaired) electrons. The SMILES string of the molecule is c1ccc(-c2ccc(N(c3cc(-c4ccccc4)cc(-c4ccccc4)c3)c3cccc4c3-c3ccccc3C43c4ccccc4N4c5ccccc5Oc5cccc3c54)cc2)cc1. The van der Waals surface area contributed by atoms with Crippen LogP contribution in [0.1, 0.15) is 22.3 Å². The number of fused-ring (bicyclic) bond motifs is 11. The molecular formula is C61H40N2O. The van der Waals surface area contributed by atoms with Gasteiger partial charge in [-0.1, -0.05) is 182 Å². The lowest BCUT2D eigenvalue weighted by Crippen LogP contribution is -2.37. The summed E-state index contributed by atoms with van der Waals surface area (Å²) in [5.74, 6) is 1.72. The third kappa shape index (κ3) is 5.34. The molecule has 1 spiro atoms. The molecule has 1 unspecified atom stereocenters. The van der Waals surface area contributed by atoms with Crippen LogP contribution in [-0.2, 0) is 5.41 Å². The van der Waals surface area contributed by atoms with Crippen molar-refractivity contribution in [1.82, 2.24) is 0 Å². The van der Waals surface area contributed by atoms with E-state index < -0.39 is 5.41 Å². The van der Waals surface area contributed by atoms with E-state index in [2.05, 4.69) is 252 Å². The zero-order chi connectivity index (χ0) is 42.2. The van der Waals surface area contributed by atoms with Gasteiger partial charge < -0.3 is 14.5 Å². The molecule has 13 rings (SSSR count). The Labute approximate surface area is 373 Å². The minimum atomic E-state index is -0.639. The first-order chi connectivity index (χ1) is 31.8. The first-order valence-electron chi connectivity index (χ1n) is 22.0. The second-order valence-electron chi connectivity index (χ2n) is 16.8. The number of rotatable bonds is 6. The smallest absolute Gasteiger partial charge is 0.151 e. The Hall–Kier alpha value is -8.40. The Balaban J connectivity index is 1.10. The molecule has 0 saturated carbocycles. The van der Waals surface area contributed by atoms with Crippen molar-refractivity contribution in [3.8, 4) is 56.0 Å². The van der Waals surface area contributed by atoms with E-state index in [1.54, 1.807) is 0 Å². The monoisotopic (exact) mass is 816 g/mol. The zero-order valence-corrected chi connectivity index (χ0v) is 34.9. The lowest BCUT2D eigenvalue weighted by atomic mass is 9.64. The molecule has 0 aromatic heterocycles. The number of hydrogen-bond donors (Lipinski definition) is 0. The molecule has 1 atom stereocenters. The molecule has 3 aliphatic rings. The van der Waals surface area contributed by atoms with Crippen LogP contribution in [-0.4, -0.2) is 0 Å². The lowest BCUT2D eigenvalue weighted by molar-refractivity contribution is 0.473. The number of hydrogen-bond acceptors (Lipinski definition) is 3. The highest BCUT2D eigenvalue weighted by atomic mass is 16.5. The fraction of sp³-hybridized carbons (Fsp3) is 0.0164. The maximum Gasteiger partial charge on any atom is 0.151 e. The van der Waals surface area contributed by atoms with Crippen molar-refractivity contribution >= 4 is 34.1 Å². The predicted molar refractivity (Wildman–Crippen MR) is 263 cm³/mol. The van der Waals surface area contributed by atoms with Gasteiger partial charge in [-0.05, 0) is 122 Å². The fourth-order valence-corrected chi connectivity index (χ4v) is 10.8. The Kier molecular flexibility index (Phi) is 8.13. The number of para-hydroxylation sites is 4. The fourth-order valence-electron chi connectivity index (χ4n) is 10.8. The van der Waals surface area contributed by atoms with Gasteiger partial charge in [0.1, 0.15) is 0 Å². The van der Waals surface area contributed by atoms with Gasteiger partial charge in [0, 0.05) is 16.9 Å². The quantitative estimate of drug-likeness (QED) is 0.166. The van der Waals surface area contributed by atoms with Crippen molar-refractivity contribution < 1.29 is 4.74 Å². The molecule has 0 bridgehead atoms. The minimum absolute atomic E-state index is 0.639.